The summed E-state index contributed by atoms with van der Waals surface area (Å²) in [5.41, 5.74) is 4.31. The number of hydrogen-bond acceptors (Lipinski definition) is 5. The standard InChI is InChI=1S/C23H23N5O2/c1-16-22(17(2)28(26-16)19-12-7-4-8-13-19)24-20(29)14-9-15-21-25-23(27-30-21)18-10-5-3-6-11-18/h3-8,10-13H,9,14-15H2,1-2H3,(H,24,29). The Morgan fingerprint density at radius 1 is 1.03 bits per heavy atom. The van der Waals surface area contributed by atoms with E-state index in [1.54, 1.807) is 0 Å². The Labute approximate surface area is 174 Å². The first-order valence-electron chi connectivity index (χ1n) is 9.91. The Morgan fingerprint density at radius 2 is 1.73 bits per heavy atom. The average Bonchev–Trinajstić information content (AvgIpc) is 3.35. The van der Waals surface area contributed by atoms with E-state index in [4.69, 9.17) is 4.52 Å². The van der Waals surface area contributed by atoms with E-state index in [0.717, 1.165) is 28.3 Å². The number of benzene rings is 2. The van der Waals surface area contributed by atoms with Gasteiger partial charge in [0.2, 0.25) is 17.6 Å². The molecule has 2 heterocycles. The fraction of sp³-hybridized carbons (Fsp3) is 0.217. The second-order valence-electron chi connectivity index (χ2n) is 7.07. The molecule has 4 aromatic rings. The smallest absolute Gasteiger partial charge is 0.226 e. The highest BCUT2D eigenvalue weighted by Gasteiger charge is 2.15. The lowest BCUT2D eigenvalue weighted by molar-refractivity contribution is -0.116. The summed E-state index contributed by atoms with van der Waals surface area (Å²) in [4.78, 5) is 16.9. The minimum atomic E-state index is -0.0587. The molecule has 2 aromatic carbocycles. The van der Waals surface area contributed by atoms with Crippen molar-refractivity contribution in [1.29, 1.82) is 0 Å². The number of aromatic nitrogens is 4. The summed E-state index contributed by atoms with van der Waals surface area (Å²) in [5.74, 6) is 1.04. The third kappa shape index (κ3) is 4.30. The van der Waals surface area contributed by atoms with Crippen LogP contribution in [-0.2, 0) is 11.2 Å². The molecule has 0 spiro atoms. The number of nitrogens with one attached hydrogen (secondary N) is 1. The van der Waals surface area contributed by atoms with Crippen LogP contribution in [0.2, 0.25) is 0 Å². The number of rotatable bonds is 7. The van der Waals surface area contributed by atoms with E-state index in [-0.39, 0.29) is 5.91 Å². The number of carbonyl (C=O) groups excluding carboxylic acids is 1. The molecule has 7 heteroatoms. The molecule has 4 rings (SSSR count). The monoisotopic (exact) mass is 401 g/mol. The average molecular weight is 401 g/mol. The van der Waals surface area contributed by atoms with Crippen LogP contribution in [0.3, 0.4) is 0 Å². The van der Waals surface area contributed by atoms with Crippen LogP contribution in [0.4, 0.5) is 5.69 Å². The molecular formula is C23H23N5O2. The van der Waals surface area contributed by atoms with Gasteiger partial charge >= 0.3 is 0 Å². The maximum absolute atomic E-state index is 12.5. The highest BCUT2D eigenvalue weighted by atomic mass is 16.5. The summed E-state index contributed by atoms with van der Waals surface area (Å²) in [7, 11) is 0. The lowest BCUT2D eigenvalue weighted by atomic mass is 10.2. The van der Waals surface area contributed by atoms with Gasteiger partial charge in [-0.2, -0.15) is 10.1 Å². The number of amides is 1. The Morgan fingerprint density at radius 3 is 2.47 bits per heavy atom. The van der Waals surface area contributed by atoms with Gasteiger partial charge in [-0.05, 0) is 32.4 Å². The second-order valence-corrected chi connectivity index (χ2v) is 7.07. The molecule has 0 unspecified atom stereocenters. The highest BCUT2D eigenvalue weighted by Crippen LogP contribution is 2.23. The predicted octanol–water partition coefficient (Wildman–Crippen LogP) is 4.50. The molecule has 0 aliphatic heterocycles. The Hall–Kier alpha value is -3.74. The van der Waals surface area contributed by atoms with Gasteiger partial charge in [-0.3, -0.25) is 4.79 Å². The molecular weight excluding hydrogens is 378 g/mol. The van der Waals surface area contributed by atoms with E-state index in [2.05, 4.69) is 20.6 Å². The van der Waals surface area contributed by atoms with Crippen LogP contribution in [-0.4, -0.2) is 25.8 Å². The minimum Gasteiger partial charge on any atom is -0.339 e. The molecule has 0 bridgehead atoms. The topological polar surface area (TPSA) is 85.8 Å². The van der Waals surface area contributed by atoms with Crippen molar-refractivity contribution < 1.29 is 9.32 Å². The normalized spacial score (nSPS) is 10.9. The molecule has 30 heavy (non-hydrogen) atoms. The Bertz CT molecular complexity index is 1130. The van der Waals surface area contributed by atoms with Crippen LogP contribution < -0.4 is 5.32 Å². The van der Waals surface area contributed by atoms with E-state index in [1.165, 1.54) is 0 Å². The predicted molar refractivity (Wildman–Crippen MR) is 114 cm³/mol. The van der Waals surface area contributed by atoms with Crippen LogP contribution in [0, 0.1) is 13.8 Å². The summed E-state index contributed by atoms with van der Waals surface area (Å²) < 4.78 is 7.15. The van der Waals surface area contributed by atoms with Gasteiger partial charge in [-0.25, -0.2) is 4.68 Å². The first-order valence-corrected chi connectivity index (χ1v) is 9.91. The van der Waals surface area contributed by atoms with Gasteiger partial charge in [0.25, 0.3) is 0 Å². The minimum absolute atomic E-state index is 0.0587. The van der Waals surface area contributed by atoms with E-state index >= 15 is 0 Å². The molecule has 0 aliphatic carbocycles. The number of carbonyl (C=O) groups is 1. The SMILES string of the molecule is Cc1nn(-c2ccccc2)c(C)c1NC(=O)CCCc1nc(-c2ccccc2)no1. The third-order valence-electron chi connectivity index (χ3n) is 4.85. The molecule has 152 valence electrons. The van der Waals surface area contributed by atoms with Crippen LogP contribution in [0.5, 0.6) is 0 Å². The summed E-state index contributed by atoms with van der Waals surface area (Å²) >= 11 is 0. The molecule has 0 atom stereocenters. The maximum atomic E-state index is 12.5. The van der Waals surface area contributed by atoms with Gasteiger partial charge < -0.3 is 9.84 Å². The summed E-state index contributed by atoms with van der Waals surface area (Å²) in [6.45, 7) is 3.85. The zero-order valence-electron chi connectivity index (χ0n) is 17.0. The Kier molecular flexibility index (Phi) is 5.70. The maximum Gasteiger partial charge on any atom is 0.226 e. The molecule has 0 fully saturated rings. The number of para-hydroxylation sites is 1. The van der Waals surface area contributed by atoms with Gasteiger partial charge in [-0.15, -0.1) is 0 Å². The van der Waals surface area contributed by atoms with E-state index in [1.807, 2.05) is 79.2 Å². The lowest BCUT2D eigenvalue weighted by Gasteiger charge is -2.07. The number of hydrogen-bond donors (Lipinski definition) is 1. The van der Waals surface area contributed by atoms with Crippen LogP contribution in [0.1, 0.15) is 30.1 Å². The first-order chi connectivity index (χ1) is 14.6. The fourth-order valence-electron chi connectivity index (χ4n) is 3.31. The van der Waals surface area contributed by atoms with E-state index < -0.39 is 0 Å². The summed E-state index contributed by atoms with van der Waals surface area (Å²) in [5, 5.41) is 11.6. The molecule has 7 nitrogen and oxygen atoms in total. The Balaban J connectivity index is 1.34. The molecule has 0 saturated heterocycles. The van der Waals surface area contributed by atoms with Crippen molar-refractivity contribution >= 4 is 11.6 Å². The van der Waals surface area contributed by atoms with E-state index in [0.29, 0.717) is 31.0 Å². The van der Waals surface area contributed by atoms with Crippen molar-refractivity contribution in [1.82, 2.24) is 19.9 Å². The van der Waals surface area contributed by atoms with Crippen LogP contribution in [0.15, 0.2) is 65.2 Å². The van der Waals surface area contributed by atoms with Crippen LogP contribution in [0.25, 0.3) is 17.1 Å². The second kappa shape index (κ2) is 8.73. The van der Waals surface area contributed by atoms with Gasteiger partial charge in [0, 0.05) is 18.4 Å². The molecule has 0 radical (unpaired) electrons. The van der Waals surface area contributed by atoms with Crippen molar-refractivity contribution in [3.8, 4) is 17.1 Å². The number of aryl methyl sites for hydroxylation is 2. The van der Waals surface area contributed by atoms with Gasteiger partial charge in [0.15, 0.2) is 0 Å². The summed E-state index contributed by atoms with van der Waals surface area (Å²) in [6, 6.07) is 19.5. The zero-order chi connectivity index (χ0) is 20.9. The lowest BCUT2D eigenvalue weighted by Crippen LogP contribution is -2.13. The summed E-state index contributed by atoms with van der Waals surface area (Å²) in [6.07, 6.45) is 1.53. The first kappa shape index (κ1) is 19.6. The third-order valence-corrected chi connectivity index (χ3v) is 4.85. The van der Waals surface area contributed by atoms with Gasteiger partial charge in [0.05, 0.1) is 22.8 Å². The van der Waals surface area contributed by atoms with Crippen molar-refractivity contribution in [3.05, 3.63) is 77.9 Å². The number of nitrogens with zero attached hydrogens (tertiary/aromatic N) is 4. The van der Waals surface area contributed by atoms with E-state index in [9.17, 15) is 4.79 Å². The molecule has 0 aliphatic rings. The van der Waals surface area contributed by atoms with Crippen molar-refractivity contribution in [2.75, 3.05) is 5.32 Å². The largest absolute Gasteiger partial charge is 0.339 e. The van der Waals surface area contributed by atoms with Gasteiger partial charge in [-0.1, -0.05) is 53.7 Å². The highest BCUT2D eigenvalue weighted by molar-refractivity contribution is 5.92. The van der Waals surface area contributed by atoms with Crippen molar-refractivity contribution in [2.24, 2.45) is 0 Å². The fourth-order valence-corrected chi connectivity index (χ4v) is 3.31. The van der Waals surface area contributed by atoms with Crippen molar-refractivity contribution in [2.45, 2.75) is 33.1 Å². The van der Waals surface area contributed by atoms with Crippen LogP contribution >= 0.6 is 0 Å². The molecule has 2 aromatic heterocycles. The van der Waals surface area contributed by atoms with Crippen molar-refractivity contribution in [3.63, 3.8) is 0 Å². The van der Waals surface area contributed by atoms with Gasteiger partial charge in [0.1, 0.15) is 0 Å². The number of anilines is 1. The molecule has 1 N–H and O–H groups in total. The molecule has 0 saturated carbocycles. The zero-order valence-corrected chi connectivity index (χ0v) is 17.0. The quantitative estimate of drug-likeness (QED) is 0.493. The molecule has 1 amide bonds.